The Morgan fingerprint density at radius 3 is 2.80 bits per heavy atom. The highest BCUT2D eigenvalue weighted by atomic mass is 16.1. The average molecular weight is 270 g/mol. The summed E-state index contributed by atoms with van der Waals surface area (Å²) in [6, 6.07) is 0. The van der Waals surface area contributed by atoms with E-state index in [1.807, 2.05) is 6.08 Å². The molecular weight excluding hydrogens is 244 g/mol. The summed E-state index contributed by atoms with van der Waals surface area (Å²) in [5.41, 5.74) is 3.58. The smallest absolute Gasteiger partial charge is 0.155 e. The number of allylic oxidation sites excluding steroid dienone is 2. The van der Waals surface area contributed by atoms with Crippen LogP contribution in [-0.2, 0) is 4.79 Å². The molecule has 0 heterocycles. The third kappa shape index (κ3) is 1.71. The summed E-state index contributed by atoms with van der Waals surface area (Å²) in [5.74, 6) is 3.58. The van der Waals surface area contributed by atoms with Crippen LogP contribution in [0, 0.1) is 29.1 Å². The van der Waals surface area contributed by atoms with Crippen molar-refractivity contribution in [1.29, 1.82) is 0 Å². The van der Waals surface area contributed by atoms with Gasteiger partial charge in [0.25, 0.3) is 0 Å². The first kappa shape index (κ1) is 12.9. The third-order valence-electron chi connectivity index (χ3n) is 7.04. The van der Waals surface area contributed by atoms with Crippen LogP contribution >= 0.6 is 0 Å². The lowest BCUT2D eigenvalue weighted by Gasteiger charge is -2.52. The zero-order valence-corrected chi connectivity index (χ0v) is 12.7. The number of ketones is 1. The molecule has 4 rings (SSSR count). The number of carbonyl (C=O) groups excluding carboxylic acids is 1. The molecule has 3 fully saturated rings. The van der Waals surface area contributed by atoms with Crippen molar-refractivity contribution in [2.24, 2.45) is 29.1 Å². The lowest BCUT2D eigenvalue weighted by atomic mass is 9.52. The molecule has 4 aliphatic carbocycles. The van der Waals surface area contributed by atoms with Crippen molar-refractivity contribution in [3.05, 3.63) is 23.8 Å². The Morgan fingerprint density at radius 2 is 1.95 bits per heavy atom. The van der Waals surface area contributed by atoms with Crippen molar-refractivity contribution >= 4 is 5.78 Å². The minimum absolute atomic E-state index is 0.376. The Hall–Kier alpha value is -0.850. The van der Waals surface area contributed by atoms with Crippen LogP contribution in [0.5, 0.6) is 0 Å². The molecule has 0 saturated heterocycles. The van der Waals surface area contributed by atoms with Crippen LogP contribution in [0.4, 0.5) is 0 Å². The Labute approximate surface area is 122 Å². The van der Waals surface area contributed by atoms with Gasteiger partial charge in [0.2, 0.25) is 0 Å². The molecule has 5 atom stereocenters. The van der Waals surface area contributed by atoms with Gasteiger partial charge in [-0.05, 0) is 80.1 Å². The molecule has 0 radical (unpaired) electrons. The van der Waals surface area contributed by atoms with E-state index in [2.05, 4.69) is 13.5 Å². The summed E-state index contributed by atoms with van der Waals surface area (Å²) in [6.07, 6.45) is 11.8. The predicted molar refractivity (Wildman–Crippen MR) is 81.2 cm³/mol. The molecule has 108 valence electrons. The van der Waals surface area contributed by atoms with Crippen LogP contribution < -0.4 is 0 Å². The van der Waals surface area contributed by atoms with Crippen molar-refractivity contribution in [2.45, 2.75) is 58.3 Å². The maximum absolute atomic E-state index is 11.7. The molecule has 0 bridgehead atoms. The molecule has 20 heavy (non-hydrogen) atoms. The van der Waals surface area contributed by atoms with Gasteiger partial charge in [-0.15, -0.1) is 0 Å². The van der Waals surface area contributed by atoms with E-state index < -0.39 is 0 Å². The van der Waals surface area contributed by atoms with Crippen molar-refractivity contribution in [3.63, 3.8) is 0 Å². The summed E-state index contributed by atoms with van der Waals surface area (Å²) in [7, 11) is 0. The van der Waals surface area contributed by atoms with Gasteiger partial charge >= 0.3 is 0 Å². The quantitative estimate of drug-likeness (QED) is 0.584. The van der Waals surface area contributed by atoms with E-state index >= 15 is 0 Å². The minimum Gasteiger partial charge on any atom is -0.295 e. The molecule has 0 amide bonds. The molecule has 3 saturated carbocycles. The van der Waals surface area contributed by atoms with Crippen molar-refractivity contribution in [1.82, 2.24) is 0 Å². The van der Waals surface area contributed by atoms with Gasteiger partial charge in [-0.3, -0.25) is 4.79 Å². The summed E-state index contributed by atoms with van der Waals surface area (Å²) in [4.78, 5) is 11.7. The highest BCUT2D eigenvalue weighted by Gasteiger charge is 2.53. The molecule has 1 nitrogen and oxygen atoms in total. The fourth-order valence-corrected chi connectivity index (χ4v) is 6.14. The Balaban J connectivity index is 1.67. The van der Waals surface area contributed by atoms with Gasteiger partial charge in [0, 0.05) is 6.42 Å². The molecule has 0 aliphatic heterocycles. The fourth-order valence-electron chi connectivity index (χ4n) is 6.14. The van der Waals surface area contributed by atoms with Crippen LogP contribution in [-0.4, -0.2) is 5.78 Å². The zero-order valence-electron chi connectivity index (χ0n) is 12.7. The SMILES string of the molecule is C=C1CC[C@@]2(C)CC[C@H]3[C@@H](CCC4=CC(=O)CC[C@@H]43)[C@H]12. The second-order valence-corrected chi connectivity index (χ2v) is 8.03. The molecule has 0 N–H and O–H groups in total. The summed E-state index contributed by atoms with van der Waals surface area (Å²) in [5, 5.41) is 0. The van der Waals surface area contributed by atoms with E-state index in [9.17, 15) is 4.79 Å². The molecular formula is C19H26O. The fraction of sp³-hybridized carbons (Fsp3) is 0.737. The zero-order chi connectivity index (χ0) is 13.9. The van der Waals surface area contributed by atoms with E-state index in [1.54, 1.807) is 5.57 Å². The van der Waals surface area contributed by atoms with Gasteiger partial charge < -0.3 is 0 Å². The highest BCUT2D eigenvalue weighted by Crippen LogP contribution is 2.62. The van der Waals surface area contributed by atoms with E-state index in [1.165, 1.54) is 44.1 Å². The molecule has 0 aromatic heterocycles. The van der Waals surface area contributed by atoms with E-state index in [0.717, 1.165) is 36.5 Å². The first-order valence-electron chi connectivity index (χ1n) is 8.49. The Bertz CT molecular complexity index is 500. The Morgan fingerprint density at radius 1 is 1.10 bits per heavy atom. The highest BCUT2D eigenvalue weighted by molar-refractivity contribution is 5.91. The molecule has 4 aliphatic rings. The van der Waals surface area contributed by atoms with Gasteiger partial charge in [0.1, 0.15) is 0 Å². The van der Waals surface area contributed by atoms with Crippen LogP contribution in [0.25, 0.3) is 0 Å². The molecule has 1 heteroatoms. The van der Waals surface area contributed by atoms with Crippen molar-refractivity contribution < 1.29 is 4.79 Å². The molecule has 0 aromatic carbocycles. The standard InChI is InChI=1S/C19H26O/c1-12-7-9-19(2)10-8-16-15-6-4-14(20)11-13(15)3-5-17(16)18(12)19/h11,15-18H,1,3-10H2,2H3/t15-,16+,17+,18-,19-/m0/s1. The van der Waals surface area contributed by atoms with E-state index in [4.69, 9.17) is 0 Å². The monoisotopic (exact) mass is 270 g/mol. The maximum Gasteiger partial charge on any atom is 0.155 e. The van der Waals surface area contributed by atoms with Crippen molar-refractivity contribution in [2.75, 3.05) is 0 Å². The molecule has 0 aromatic rings. The second-order valence-electron chi connectivity index (χ2n) is 8.03. The van der Waals surface area contributed by atoms with Gasteiger partial charge in [-0.2, -0.15) is 0 Å². The number of hydrogen-bond acceptors (Lipinski definition) is 1. The first-order valence-corrected chi connectivity index (χ1v) is 8.49. The van der Waals surface area contributed by atoms with Gasteiger partial charge in [-0.25, -0.2) is 0 Å². The summed E-state index contributed by atoms with van der Waals surface area (Å²) >= 11 is 0. The number of fused-ring (bicyclic) bond motifs is 5. The summed E-state index contributed by atoms with van der Waals surface area (Å²) < 4.78 is 0. The predicted octanol–water partition coefficient (Wildman–Crippen LogP) is 4.68. The third-order valence-corrected chi connectivity index (χ3v) is 7.04. The topological polar surface area (TPSA) is 17.1 Å². The van der Waals surface area contributed by atoms with Crippen LogP contribution in [0.2, 0.25) is 0 Å². The second kappa shape index (κ2) is 4.32. The first-order chi connectivity index (χ1) is 9.58. The van der Waals surface area contributed by atoms with Gasteiger partial charge in [0.15, 0.2) is 5.78 Å². The largest absolute Gasteiger partial charge is 0.295 e. The van der Waals surface area contributed by atoms with Crippen LogP contribution in [0.1, 0.15) is 58.3 Å². The number of carbonyl (C=O) groups is 1. The maximum atomic E-state index is 11.7. The minimum atomic E-state index is 0.376. The van der Waals surface area contributed by atoms with Crippen LogP contribution in [0.3, 0.4) is 0 Å². The number of rotatable bonds is 0. The molecule has 0 unspecified atom stereocenters. The van der Waals surface area contributed by atoms with Gasteiger partial charge in [-0.1, -0.05) is 24.6 Å². The summed E-state index contributed by atoms with van der Waals surface area (Å²) in [6.45, 7) is 6.94. The van der Waals surface area contributed by atoms with E-state index in [-0.39, 0.29) is 0 Å². The van der Waals surface area contributed by atoms with Gasteiger partial charge in [0.05, 0.1) is 0 Å². The molecule has 0 spiro atoms. The van der Waals surface area contributed by atoms with Crippen molar-refractivity contribution in [3.8, 4) is 0 Å². The Kier molecular flexibility index (Phi) is 2.78. The normalized spacial score (nSPS) is 47.4. The number of hydrogen-bond donors (Lipinski definition) is 0. The van der Waals surface area contributed by atoms with Crippen LogP contribution in [0.15, 0.2) is 23.8 Å². The van der Waals surface area contributed by atoms with E-state index in [0.29, 0.717) is 11.2 Å². The lowest BCUT2D eigenvalue weighted by Crippen LogP contribution is -2.45. The average Bonchev–Trinajstić information content (AvgIpc) is 2.74. The lowest BCUT2D eigenvalue weighted by molar-refractivity contribution is -0.115.